The molecule has 0 saturated carbocycles. The van der Waals surface area contributed by atoms with Crippen LogP contribution in [-0.2, 0) is 0 Å². The lowest BCUT2D eigenvalue weighted by atomic mass is 10.3. The fraction of sp³-hybridized carbons (Fsp3) is 0.182. The van der Waals surface area contributed by atoms with Crippen LogP contribution in [0.25, 0.3) is 0 Å². The Morgan fingerprint density at radius 3 is 1.88 bits per heavy atom. The summed E-state index contributed by atoms with van der Waals surface area (Å²) in [4.78, 5) is 0. The second kappa shape index (κ2) is 9.14. The van der Waals surface area contributed by atoms with E-state index >= 15 is 0 Å². The van der Waals surface area contributed by atoms with Gasteiger partial charge in [-0.15, -0.1) is 0 Å². The first-order chi connectivity index (χ1) is 12.3. The molecule has 0 aliphatic heterocycles. The predicted octanol–water partition coefficient (Wildman–Crippen LogP) is 4.57. The van der Waals surface area contributed by atoms with Crippen molar-refractivity contribution in [2.75, 3.05) is 26.1 Å². The van der Waals surface area contributed by atoms with E-state index in [2.05, 4.69) is 91.6 Å². The summed E-state index contributed by atoms with van der Waals surface area (Å²) in [5.74, 6) is 1.01. The van der Waals surface area contributed by atoms with Crippen LogP contribution >= 0.6 is 15.8 Å². The van der Waals surface area contributed by atoms with Crippen molar-refractivity contribution in [2.24, 2.45) is 0 Å². The number of para-hydroxylation sites is 1. The molecule has 0 radical (unpaired) electrons. The molecule has 3 rings (SSSR count). The maximum Gasteiger partial charge on any atom is 0.126 e. The van der Waals surface area contributed by atoms with Crippen LogP contribution in [0.2, 0.25) is 0 Å². The Hall–Kier alpha value is -1.68. The summed E-state index contributed by atoms with van der Waals surface area (Å²) in [6, 6.07) is 30.3. The van der Waals surface area contributed by atoms with Gasteiger partial charge in [0, 0.05) is 5.30 Å². The third-order valence-electron chi connectivity index (χ3n) is 4.30. The first-order valence-corrected chi connectivity index (χ1v) is 12.0. The molecule has 0 heterocycles. The van der Waals surface area contributed by atoms with E-state index in [9.17, 15) is 0 Å². The second-order valence-corrected chi connectivity index (χ2v) is 10.6. The summed E-state index contributed by atoms with van der Waals surface area (Å²) in [6.45, 7) is 2.39. The molecule has 0 fully saturated rings. The van der Waals surface area contributed by atoms with Crippen LogP contribution < -0.4 is 20.7 Å². The Morgan fingerprint density at radius 2 is 1.24 bits per heavy atom. The van der Waals surface area contributed by atoms with E-state index in [4.69, 9.17) is 4.74 Å². The smallest absolute Gasteiger partial charge is 0.126 e. The van der Waals surface area contributed by atoms with Gasteiger partial charge < -0.3 is 4.74 Å². The standard InChI is InChI=1S/C22H24OP2/c1-23-21-15-9-10-16-22(21)25(20-13-7-4-8-14-20)18-17-24(2)19-11-5-3-6-12-19/h3-16H,17-18H2,1-2H3. The Balaban J connectivity index is 1.85. The van der Waals surface area contributed by atoms with Crippen molar-refractivity contribution in [1.82, 2.24) is 0 Å². The van der Waals surface area contributed by atoms with Gasteiger partial charge >= 0.3 is 0 Å². The first kappa shape index (κ1) is 18.1. The van der Waals surface area contributed by atoms with E-state index in [0.717, 1.165) is 5.75 Å². The van der Waals surface area contributed by atoms with Gasteiger partial charge in [0.1, 0.15) is 5.75 Å². The predicted molar refractivity (Wildman–Crippen MR) is 114 cm³/mol. The van der Waals surface area contributed by atoms with Gasteiger partial charge in [-0.25, -0.2) is 0 Å². The zero-order valence-electron chi connectivity index (χ0n) is 14.8. The number of benzene rings is 3. The summed E-state index contributed by atoms with van der Waals surface area (Å²) < 4.78 is 5.66. The third-order valence-corrected chi connectivity index (χ3v) is 9.27. The van der Waals surface area contributed by atoms with Crippen molar-refractivity contribution < 1.29 is 4.74 Å². The van der Waals surface area contributed by atoms with Crippen LogP contribution in [0.3, 0.4) is 0 Å². The SMILES string of the molecule is COc1ccccc1P(CCP(C)c1ccccc1)c1ccccc1. The zero-order valence-corrected chi connectivity index (χ0v) is 16.6. The molecule has 3 aromatic rings. The molecule has 0 N–H and O–H groups in total. The Morgan fingerprint density at radius 1 is 0.680 bits per heavy atom. The highest BCUT2D eigenvalue weighted by Crippen LogP contribution is 2.41. The third kappa shape index (κ3) is 4.69. The van der Waals surface area contributed by atoms with Crippen LogP contribution in [0.4, 0.5) is 0 Å². The van der Waals surface area contributed by atoms with Gasteiger partial charge in [0.2, 0.25) is 0 Å². The van der Waals surface area contributed by atoms with Gasteiger partial charge in [-0.1, -0.05) is 86.8 Å². The maximum absolute atomic E-state index is 5.66. The van der Waals surface area contributed by atoms with Crippen LogP contribution in [-0.4, -0.2) is 26.1 Å². The molecule has 3 aromatic carbocycles. The minimum atomic E-state index is -0.409. The molecule has 0 aliphatic carbocycles. The summed E-state index contributed by atoms with van der Waals surface area (Å²) in [5.41, 5.74) is 0. The number of hydrogen-bond donors (Lipinski definition) is 0. The summed E-state index contributed by atoms with van der Waals surface area (Å²) in [6.07, 6.45) is 2.43. The van der Waals surface area contributed by atoms with Crippen molar-refractivity contribution in [2.45, 2.75) is 0 Å². The molecule has 0 amide bonds. The van der Waals surface area contributed by atoms with E-state index < -0.39 is 7.92 Å². The number of methoxy groups -OCH3 is 1. The van der Waals surface area contributed by atoms with E-state index in [0.29, 0.717) is 0 Å². The first-order valence-electron chi connectivity index (χ1n) is 8.51. The van der Waals surface area contributed by atoms with Gasteiger partial charge in [0.15, 0.2) is 0 Å². The van der Waals surface area contributed by atoms with E-state index in [1.54, 1.807) is 7.11 Å². The lowest BCUT2D eigenvalue weighted by Gasteiger charge is -2.23. The summed E-state index contributed by atoms with van der Waals surface area (Å²) in [7, 11) is 1.24. The van der Waals surface area contributed by atoms with Crippen molar-refractivity contribution >= 4 is 31.8 Å². The van der Waals surface area contributed by atoms with Gasteiger partial charge in [-0.05, 0) is 43.6 Å². The monoisotopic (exact) mass is 366 g/mol. The van der Waals surface area contributed by atoms with E-state index in [1.165, 1.54) is 28.2 Å². The molecule has 2 unspecified atom stereocenters. The van der Waals surface area contributed by atoms with Crippen molar-refractivity contribution in [3.63, 3.8) is 0 Å². The number of rotatable bonds is 7. The minimum Gasteiger partial charge on any atom is -0.496 e. The highest BCUT2D eigenvalue weighted by atomic mass is 31.1. The van der Waals surface area contributed by atoms with Crippen molar-refractivity contribution in [3.05, 3.63) is 84.9 Å². The molecular weight excluding hydrogens is 342 g/mol. The minimum absolute atomic E-state index is 0.127. The van der Waals surface area contributed by atoms with Gasteiger partial charge in [0.25, 0.3) is 0 Å². The van der Waals surface area contributed by atoms with Crippen LogP contribution in [0.15, 0.2) is 84.9 Å². The van der Waals surface area contributed by atoms with Crippen LogP contribution in [0, 0.1) is 0 Å². The van der Waals surface area contributed by atoms with E-state index in [1.807, 2.05) is 0 Å². The highest BCUT2D eigenvalue weighted by Gasteiger charge is 2.18. The molecule has 2 atom stereocenters. The highest BCUT2D eigenvalue weighted by molar-refractivity contribution is 7.74. The molecule has 0 aliphatic rings. The topological polar surface area (TPSA) is 9.23 Å². The molecule has 1 nitrogen and oxygen atoms in total. The zero-order chi connectivity index (χ0) is 17.5. The molecule has 25 heavy (non-hydrogen) atoms. The van der Waals surface area contributed by atoms with Crippen LogP contribution in [0.1, 0.15) is 0 Å². The molecule has 0 saturated heterocycles. The number of hydrogen-bond acceptors (Lipinski definition) is 1. The Labute approximate surface area is 153 Å². The second-order valence-electron chi connectivity index (χ2n) is 5.92. The fourth-order valence-corrected chi connectivity index (χ4v) is 7.86. The van der Waals surface area contributed by atoms with Gasteiger partial charge in [-0.2, -0.15) is 0 Å². The lowest BCUT2D eigenvalue weighted by Crippen LogP contribution is -2.18. The van der Waals surface area contributed by atoms with Gasteiger partial charge in [0.05, 0.1) is 7.11 Å². The quantitative estimate of drug-likeness (QED) is 0.557. The molecule has 0 aromatic heterocycles. The Kier molecular flexibility index (Phi) is 6.62. The maximum atomic E-state index is 5.66. The van der Waals surface area contributed by atoms with Crippen LogP contribution in [0.5, 0.6) is 5.75 Å². The average molecular weight is 366 g/mol. The average Bonchev–Trinajstić information content (AvgIpc) is 2.70. The normalized spacial score (nSPS) is 13.2. The molecule has 128 valence electrons. The van der Waals surface area contributed by atoms with E-state index in [-0.39, 0.29) is 7.92 Å². The lowest BCUT2D eigenvalue weighted by molar-refractivity contribution is 0.418. The molecular formula is C22H24OP2. The van der Waals surface area contributed by atoms with Crippen molar-refractivity contribution in [1.29, 1.82) is 0 Å². The number of ether oxygens (including phenoxy) is 1. The van der Waals surface area contributed by atoms with Crippen molar-refractivity contribution in [3.8, 4) is 5.75 Å². The molecule has 0 bridgehead atoms. The largest absolute Gasteiger partial charge is 0.496 e. The fourth-order valence-electron chi connectivity index (χ4n) is 2.91. The molecule has 0 spiro atoms. The molecule has 3 heteroatoms. The van der Waals surface area contributed by atoms with Gasteiger partial charge in [-0.3, -0.25) is 0 Å². The summed E-state index contributed by atoms with van der Waals surface area (Å²) >= 11 is 0. The Bertz CT molecular complexity index is 774. The summed E-state index contributed by atoms with van der Waals surface area (Å²) in [5, 5.41) is 4.27.